The maximum Gasteiger partial charge on any atom is 0.317 e. The summed E-state index contributed by atoms with van der Waals surface area (Å²) >= 11 is 0. The summed E-state index contributed by atoms with van der Waals surface area (Å²) < 4.78 is 5.14. The summed E-state index contributed by atoms with van der Waals surface area (Å²) in [6.07, 6.45) is 1.24. The minimum Gasteiger partial charge on any atom is -0.497 e. The van der Waals surface area contributed by atoms with Crippen LogP contribution in [0.25, 0.3) is 0 Å². The van der Waals surface area contributed by atoms with Crippen molar-refractivity contribution in [2.24, 2.45) is 0 Å². The van der Waals surface area contributed by atoms with Crippen molar-refractivity contribution in [2.45, 2.75) is 19.3 Å². The molecule has 6 heteroatoms. The van der Waals surface area contributed by atoms with E-state index in [0.717, 1.165) is 11.3 Å². The number of hydrogen-bond acceptors (Lipinski definition) is 3. The van der Waals surface area contributed by atoms with Gasteiger partial charge >= 0.3 is 12.0 Å². The number of rotatable bonds is 8. The van der Waals surface area contributed by atoms with Crippen LogP contribution in [-0.2, 0) is 11.2 Å². The van der Waals surface area contributed by atoms with Gasteiger partial charge in [0.15, 0.2) is 0 Å². The Morgan fingerprint density at radius 2 is 2.14 bits per heavy atom. The summed E-state index contributed by atoms with van der Waals surface area (Å²) in [4.78, 5) is 23.7. The van der Waals surface area contributed by atoms with Gasteiger partial charge in [0.1, 0.15) is 5.75 Å². The lowest BCUT2D eigenvalue weighted by atomic mass is 10.1. The lowest BCUT2D eigenvalue weighted by Gasteiger charge is -2.17. The van der Waals surface area contributed by atoms with Gasteiger partial charge in [0.25, 0.3) is 0 Å². The second-order valence-corrected chi connectivity index (χ2v) is 4.75. The van der Waals surface area contributed by atoms with Gasteiger partial charge < -0.3 is 20.1 Å². The van der Waals surface area contributed by atoms with Crippen LogP contribution in [0.3, 0.4) is 0 Å². The molecule has 6 nitrogen and oxygen atoms in total. The number of carboxylic acids is 1. The van der Waals surface area contributed by atoms with E-state index >= 15 is 0 Å². The van der Waals surface area contributed by atoms with Gasteiger partial charge in [-0.15, -0.1) is 0 Å². The maximum absolute atomic E-state index is 11.8. The maximum atomic E-state index is 11.8. The molecule has 2 N–H and O–H groups in total. The molecule has 0 fully saturated rings. The second kappa shape index (κ2) is 8.84. The van der Waals surface area contributed by atoms with Crippen molar-refractivity contribution < 1.29 is 19.4 Å². The third-order valence-electron chi connectivity index (χ3n) is 3.05. The number of aliphatic carboxylic acids is 1. The highest BCUT2D eigenvalue weighted by molar-refractivity contribution is 5.74. The normalized spacial score (nSPS) is 10.0. The number of hydrogen-bond donors (Lipinski definition) is 2. The lowest BCUT2D eigenvalue weighted by Crippen LogP contribution is -2.38. The number of carboxylic acid groups (broad SMARTS) is 1. The molecule has 2 amide bonds. The number of methoxy groups -OCH3 is 1. The number of ether oxygens (including phenoxy) is 1. The van der Waals surface area contributed by atoms with Crippen molar-refractivity contribution in [1.29, 1.82) is 0 Å². The molecule has 0 saturated carbocycles. The van der Waals surface area contributed by atoms with Crippen molar-refractivity contribution in [1.82, 2.24) is 10.2 Å². The molecule has 1 rings (SSSR count). The Kier molecular flexibility index (Phi) is 7.08. The number of nitrogens with one attached hydrogen (secondary N) is 1. The largest absolute Gasteiger partial charge is 0.497 e. The molecule has 0 aromatic heterocycles. The monoisotopic (exact) mass is 294 g/mol. The molecule has 0 spiro atoms. The van der Waals surface area contributed by atoms with E-state index in [4.69, 9.17) is 9.84 Å². The summed E-state index contributed by atoms with van der Waals surface area (Å²) in [5.74, 6) is -0.0496. The van der Waals surface area contributed by atoms with Gasteiger partial charge in [0.05, 0.1) is 7.11 Å². The Balaban J connectivity index is 2.27. The Hall–Kier alpha value is -2.24. The molecular weight excluding hydrogens is 272 g/mol. The number of urea groups is 1. The van der Waals surface area contributed by atoms with E-state index in [0.29, 0.717) is 25.9 Å². The first-order chi connectivity index (χ1) is 10.0. The van der Waals surface area contributed by atoms with Crippen molar-refractivity contribution in [3.8, 4) is 5.75 Å². The molecule has 0 aliphatic rings. The number of carbonyl (C=O) groups is 2. The predicted octanol–water partition coefficient (Wildman–Crippen LogP) is 1.74. The van der Waals surface area contributed by atoms with E-state index in [1.807, 2.05) is 24.3 Å². The van der Waals surface area contributed by atoms with Crippen LogP contribution in [0.15, 0.2) is 24.3 Å². The van der Waals surface area contributed by atoms with Crippen LogP contribution in [0.2, 0.25) is 0 Å². The first kappa shape index (κ1) is 16.8. The molecule has 0 atom stereocenters. The average molecular weight is 294 g/mol. The topological polar surface area (TPSA) is 78.9 Å². The van der Waals surface area contributed by atoms with Gasteiger partial charge in [-0.1, -0.05) is 12.1 Å². The van der Waals surface area contributed by atoms with E-state index in [2.05, 4.69) is 5.32 Å². The second-order valence-electron chi connectivity index (χ2n) is 4.75. The van der Waals surface area contributed by atoms with E-state index in [9.17, 15) is 9.59 Å². The van der Waals surface area contributed by atoms with E-state index in [-0.39, 0.29) is 12.5 Å². The fourth-order valence-corrected chi connectivity index (χ4v) is 1.85. The fourth-order valence-electron chi connectivity index (χ4n) is 1.85. The molecule has 116 valence electrons. The number of nitrogens with zero attached hydrogens (tertiary/aromatic N) is 1. The van der Waals surface area contributed by atoms with E-state index in [1.54, 1.807) is 14.2 Å². The molecule has 1 aromatic rings. The SMILES string of the molecule is COc1cccc(CCNC(=O)N(C)CCCC(=O)O)c1. The molecule has 0 aliphatic carbocycles. The van der Waals surface area contributed by atoms with Crippen LogP contribution >= 0.6 is 0 Å². The predicted molar refractivity (Wildman–Crippen MR) is 79.6 cm³/mol. The third-order valence-corrected chi connectivity index (χ3v) is 3.05. The minimum absolute atomic E-state index is 0.0709. The zero-order chi connectivity index (χ0) is 15.7. The standard InChI is InChI=1S/C15H22N2O4/c1-17(10-4-7-14(18)19)15(20)16-9-8-12-5-3-6-13(11-12)21-2/h3,5-6,11H,4,7-10H2,1-2H3,(H,16,20)(H,18,19). The molecule has 0 heterocycles. The highest BCUT2D eigenvalue weighted by Gasteiger charge is 2.08. The molecule has 0 saturated heterocycles. The van der Waals surface area contributed by atoms with E-state index in [1.165, 1.54) is 4.90 Å². The first-order valence-corrected chi connectivity index (χ1v) is 6.86. The number of carbonyl (C=O) groups excluding carboxylic acids is 1. The van der Waals surface area contributed by atoms with Crippen LogP contribution in [0.5, 0.6) is 5.75 Å². The summed E-state index contributed by atoms with van der Waals surface area (Å²) in [7, 11) is 3.27. The molecule has 0 aliphatic heterocycles. The average Bonchev–Trinajstić information content (AvgIpc) is 2.46. The molecular formula is C15H22N2O4. The number of amides is 2. The smallest absolute Gasteiger partial charge is 0.317 e. The highest BCUT2D eigenvalue weighted by atomic mass is 16.5. The molecule has 1 aromatic carbocycles. The summed E-state index contributed by atoms with van der Waals surface area (Å²) in [6.45, 7) is 0.951. The first-order valence-electron chi connectivity index (χ1n) is 6.86. The van der Waals surface area contributed by atoms with Crippen LogP contribution in [0.1, 0.15) is 18.4 Å². The summed E-state index contributed by atoms with van der Waals surface area (Å²) in [5, 5.41) is 11.4. The van der Waals surface area contributed by atoms with Crippen LogP contribution in [0.4, 0.5) is 4.79 Å². The quantitative estimate of drug-likeness (QED) is 0.765. The highest BCUT2D eigenvalue weighted by Crippen LogP contribution is 2.12. The molecule has 0 radical (unpaired) electrons. The Bertz CT molecular complexity index is 476. The van der Waals surface area contributed by atoms with Gasteiger partial charge in [-0.2, -0.15) is 0 Å². The van der Waals surface area contributed by atoms with Crippen molar-refractivity contribution in [3.63, 3.8) is 0 Å². The molecule has 0 unspecified atom stereocenters. The molecule has 21 heavy (non-hydrogen) atoms. The Labute approximate surface area is 124 Å². The summed E-state index contributed by atoms with van der Waals surface area (Å²) in [5.41, 5.74) is 1.09. The van der Waals surface area contributed by atoms with Crippen LogP contribution in [-0.4, -0.2) is 49.3 Å². The fraction of sp³-hybridized carbons (Fsp3) is 0.467. The number of benzene rings is 1. The Morgan fingerprint density at radius 3 is 2.81 bits per heavy atom. The van der Waals surface area contributed by atoms with Gasteiger partial charge in [0.2, 0.25) is 0 Å². The summed E-state index contributed by atoms with van der Waals surface area (Å²) in [6, 6.07) is 7.50. The molecule has 0 bridgehead atoms. The van der Waals surface area contributed by atoms with Crippen molar-refractivity contribution >= 4 is 12.0 Å². The zero-order valence-electron chi connectivity index (χ0n) is 12.5. The van der Waals surface area contributed by atoms with Gasteiger partial charge in [-0.05, 0) is 30.5 Å². The zero-order valence-corrected chi connectivity index (χ0v) is 12.5. The van der Waals surface area contributed by atoms with E-state index < -0.39 is 5.97 Å². The Morgan fingerprint density at radius 1 is 1.38 bits per heavy atom. The minimum atomic E-state index is -0.846. The van der Waals surface area contributed by atoms with Gasteiger partial charge in [-0.25, -0.2) is 4.79 Å². The van der Waals surface area contributed by atoms with Crippen molar-refractivity contribution in [3.05, 3.63) is 29.8 Å². The van der Waals surface area contributed by atoms with Crippen molar-refractivity contribution in [2.75, 3.05) is 27.2 Å². The van der Waals surface area contributed by atoms with Gasteiger partial charge in [-0.3, -0.25) is 4.79 Å². The third kappa shape index (κ3) is 6.65. The lowest BCUT2D eigenvalue weighted by molar-refractivity contribution is -0.137. The van der Waals surface area contributed by atoms with Gasteiger partial charge in [0, 0.05) is 26.6 Å². The van der Waals surface area contributed by atoms with Crippen LogP contribution in [0, 0.1) is 0 Å². The van der Waals surface area contributed by atoms with Crippen LogP contribution < -0.4 is 10.1 Å².